The summed E-state index contributed by atoms with van der Waals surface area (Å²) in [4.78, 5) is 29.8. The van der Waals surface area contributed by atoms with E-state index in [0.29, 0.717) is 16.9 Å². The number of nitrogens with zero attached hydrogens (tertiary/aromatic N) is 2. The lowest BCUT2D eigenvalue weighted by Crippen LogP contribution is -2.30. The summed E-state index contributed by atoms with van der Waals surface area (Å²) in [6.45, 7) is 1.49. The highest BCUT2D eigenvalue weighted by Crippen LogP contribution is 2.28. The van der Waals surface area contributed by atoms with Crippen molar-refractivity contribution in [3.8, 4) is 16.0 Å². The minimum Gasteiger partial charge on any atom is -0.452 e. The number of carbonyl (C=O) groups excluding carboxylic acids is 2. The Kier molecular flexibility index (Phi) is 5.96. The molecule has 1 atom stereocenters. The summed E-state index contributed by atoms with van der Waals surface area (Å²) in [5.74, 6) is -1.03. The minimum atomic E-state index is -0.986. The van der Waals surface area contributed by atoms with Crippen LogP contribution in [0.5, 0.6) is 0 Å². The Morgan fingerprint density at radius 1 is 1.26 bits per heavy atom. The Morgan fingerprint density at radius 3 is 2.81 bits per heavy atom. The average Bonchev–Trinajstić information content (AvgIpc) is 3.33. The zero-order valence-corrected chi connectivity index (χ0v) is 16.0. The van der Waals surface area contributed by atoms with Crippen molar-refractivity contribution in [2.45, 2.75) is 19.4 Å². The van der Waals surface area contributed by atoms with E-state index in [1.54, 1.807) is 35.6 Å². The fraction of sp³-hybridized carbons (Fsp3) is 0.158. The second kappa shape index (κ2) is 8.58. The molecule has 2 aromatic heterocycles. The second-order valence-electron chi connectivity index (χ2n) is 5.58. The molecule has 3 aromatic rings. The van der Waals surface area contributed by atoms with Crippen LogP contribution in [0, 0.1) is 11.3 Å². The number of aromatic nitrogens is 1. The number of thiophene rings is 1. The van der Waals surface area contributed by atoms with E-state index >= 15 is 0 Å². The fourth-order valence-corrected chi connectivity index (χ4v) is 3.90. The van der Waals surface area contributed by atoms with Gasteiger partial charge in [-0.05, 0) is 30.5 Å². The van der Waals surface area contributed by atoms with Crippen LogP contribution in [0.15, 0.2) is 47.2 Å². The number of hydrogen-bond donors (Lipinski definition) is 1. The Labute approximate surface area is 164 Å². The lowest BCUT2D eigenvalue weighted by molar-refractivity contribution is -0.152. The lowest BCUT2D eigenvalue weighted by Gasteiger charge is -2.13. The number of anilines is 1. The number of carbonyl (C=O) groups is 2. The van der Waals surface area contributed by atoms with Crippen LogP contribution in [0.25, 0.3) is 9.88 Å². The molecule has 0 fully saturated rings. The van der Waals surface area contributed by atoms with Gasteiger partial charge in [0.05, 0.1) is 28.2 Å². The van der Waals surface area contributed by atoms with Gasteiger partial charge in [0.15, 0.2) is 6.10 Å². The predicted molar refractivity (Wildman–Crippen MR) is 104 cm³/mol. The minimum absolute atomic E-state index is 0.00568. The molecule has 0 aliphatic rings. The van der Waals surface area contributed by atoms with E-state index in [1.165, 1.54) is 18.3 Å². The molecule has 6 nitrogen and oxygen atoms in total. The molecule has 0 saturated carbocycles. The van der Waals surface area contributed by atoms with E-state index in [0.717, 1.165) is 9.88 Å². The van der Waals surface area contributed by atoms with E-state index in [9.17, 15) is 9.59 Å². The maximum atomic E-state index is 12.2. The highest BCUT2D eigenvalue weighted by molar-refractivity contribution is 7.20. The van der Waals surface area contributed by atoms with Crippen LogP contribution in [-0.2, 0) is 20.7 Å². The van der Waals surface area contributed by atoms with Crippen molar-refractivity contribution in [3.63, 3.8) is 0 Å². The van der Waals surface area contributed by atoms with Crippen LogP contribution >= 0.6 is 22.7 Å². The molecular weight excluding hydrogens is 382 g/mol. The molecule has 8 heteroatoms. The van der Waals surface area contributed by atoms with Crippen molar-refractivity contribution < 1.29 is 14.3 Å². The van der Waals surface area contributed by atoms with Crippen molar-refractivity contribution in [2.24, 2.45) is 0 Å². The molecule has 0 bridgehead atoms. The maximum Gasteiger partial charge on any atom is 0.312 e. The van der Waals surface area contributed by atoms with Crippen molar-refractivity contribution in [1.29, 1.82) is 5.26 Å². The van der Waals surface area contributed by atoms with Crippen LogP contribution < -0.4 is 5.32 Å². The summed E-state index contributed by atoms with van der Waals surface area (Å²) in [6, 6.07) is 12.5. The Bertz CT molecular complexity index is 990. The molecule has 0 saturated heterocycles. The molecule has 27 heavy (non-hydrogen) atoms. The number of rotatable bonds is 6. The standard InChI is InChI=1S/C19H15N3O3S2/c1-12(18(24)22-15-6-3-2-5-13(15)10-20)25-17(23)9-14-11-27-19(21-14)16-7-4-8-26-16/h2-8,11-12H,9H2,1H3,(H,22,24)/t12-/m1/s1. The van der Waals surface area contributed by atoms with Crippen molar-refractivity contribution in [2.75, 3.05) is 5.32 Å². The number of ether oxygens (including phenoxy) is 1. The Morgan fingerprint density at radius 2 is 2.07 bits per heavy atom. The summed E-state index contributed by atoms with van der Waals surface area (Å²) in [5, 5.41) is 16.3. The normalized spacial score (nSPS) is 11.4. The number of nitrogens with one attached hydrogen (secondary N) is 1. The summed E-state index contributed by atoms with van der Waals surface area (Å²) in [6.07, 6.45) is -0.992. The van der Waals surface area contributed by atoms with Crippen molar-refractivity contribution >= 4 is 40.2 Å². The van der Waals surface area contributed by atoms with E-state index in [4.69, 9.17) is 10.00 Å². The lowest BCUT2D eigenvalue weighted by atomic mass is 10.2. The van der Waals surface area contributed by atoms with Gasteiger partial charge in [-0.2, -0.15) is 5.26 Å². The molecule has 1 N–H and O–H groups in total. The van der Waals surface area contributed by atoms with E-state index in [-0.39, 0.29) is 6.42 Å². The number of thiazole rings is 1. The number of benzene rings is 1. The van der Waals surface area contributed by atoms with E-state index in [2.05, 4.69) is 10.3 Å². The molecule has 0 unspecified atom stereocenters. The van der Waals surface area contributed by atoms with Gasteiger partial charge in [-0.15, -0.1) is 22.7 Å². The number of hydrogen-bond acceptors (Lipinski definition) is 7. The Hall–Kier alpha value is -3.02. The fourth-order valence-electron chi connectivity index (χ4n) is 2.27. The molecule has 136 valence electrons. The largest absolute Gasteiger partial charge is 0.452 e. The van der Waals surface area contributed by atoms with Crippen LogP contribution in [0.4, 0.5) is 5.69 Å². The Balaban J connectivity index is 1.56. The summed E-state index contributed by atoms with van der Waals surface area (Å²) in [7, 11) is 0. The predicted octanol–water partition coefficient (Wildman–Crippen LogP) is 3.86. The highest BCUT2D eigenvalue weighted by Gasteiger charge is 2.20. The van der Waals surface area contributed by atoms with Gasteiger partial charge in [0.1, 0.15) is 11.1 Å². The molecule has 3 rings (SSSR count). The number of para-hydroxylation sites is 1. The molecule has 0 aliphatic heterocycles. The third-order valence-corrected chi connectivity index (χ3v) is 5.52. The summed E-state index contributed by atoms with van der Waals surface area (Å²) in [5.41, 5.74) is 1.33. The first-order valence-corrected chi connectivity index (χ1v) is 9.80. The van der Waals surface area contributed by atoms with Gasteiger partial charge >= 0.3 is 5.97 Å². The van der Waals surface area contributed by atoms with Gasteiger partial charge in [-0.1, -0.05) is 18.2 Å². The first-order chi connectivity index (χ1) is 13.1. The topological polar surface area (TPSA) is 92.1 Å². The molecule has 0 spiro atoms. The van der Waals surface area contributed by atoms with Gasteiger partial charge < -0.3 is 10.1 Å². The molecule has 0 radical (unpaired) electrons. The third kappa shape index (κ3) is 4.78. The first kappa shape index (κ1) is 18.8. The van der Waals surface area contributed by atoms with Crippen molar-refractivity contribution in [1.82, 2.24) is 4.98 Å². The highest BCUT2D eigenvalue weighted by atomic mass is 32.1. The van der Waals surface area contributed by atoms with Crippen LogP contribution in [0.1, 0.15) is 18.2 Å². The number of nitriles is 1. The zero-order chi connectivity index (χ0) is 19.2. The van der Waals surface area contributed by atoms with E-state index in [1.807, 2.05) is 29.0 Å². The van der Waals surface area contributed by atoms with Crippen molar-refractivity contribution in [3.05, 3.63) is 58.4 Å². The molecule has 1 amide bonds. The van der Waals surface area contributed by atoms with Crippen LogP contribution in [-0.4, -0.2) is 23.0 Å². The van der Waals surface area contributed by atoms with Gasteiger partial charge in [0, 0.05) is 5.38 Å². The quantitative estimate of drug-likeness (QED) is 0.638. The number of amides is 1. The van der Waals surface area contributed by atoms with E-state index < -0.39 is 18.0 Å². The van der Waals surface area contributed by atoms with Gasteiger partial charge in [0.25, 0.3) is 5.91 Å². The smallest absolute Gasteiger partial charge is 0.312 e. The maximum absolute atomic E-state index is 12.2. The molecule has 1 aromatic carbocycles. The zero-order valence-electron chi connectivity index (χ0n) is 14.3. The molecule has 0 aliphatic carbocycles. The molecule has 2 heterocycles. The van der Waals surface area contributed by atoms with Gasteiger partial charge in [-0.25, -0.2) is 4.98 Å². The van der Waals surface area contributed by atoms with Gasteiger partial charge in [-0.3, -0.25) is 9.59 Å². The summed E-state index contributed by atoms with van der Waals surface area (Å²) < 4.78 is 5.20. The number of esters is 1. The molecular formula is C19H15N3O3S2. The summed E-state index contributed by atoms with van der Waals surface area (Å²) >= 11 is 3.04. The first-order valence-electron chi connectivity index (χ1n) is 8.04. The third-order valence-electron chi connectivity index (χ3n) is 3.59. The average molecular weight is 397 g/mol. The monoisotopic (exact) mass is 397 g/mol. The second-order valence-corrected chi connectivity index (χ2v) is 7.38. The van der Waals surface area contributed by atoms with Crippen LogP contribution in [0.2, 0.25) is 0 Å². The van der Waals surface area contributed by atoms with Gasteiger partial charge in [0.2, 0.25) is 0 Å². The SMILES string of the molecule is C[C@@H](OC(=O)Cc1csc(-c2cccs2)n1)C(=O)Nc1ccccc1C#N. The van der Waals surface area contributed by atoms with Crippen LogP contribution in [0.3, 0.4) is 0 Å².